The Labute approximate surface area is 155 Å². The number of amides is 1. The summed E-state index contributed by atoms with van der Waals surface area (Å²) in [6.07, 6.45) is 8.89. The lowest BCUT2D eigenvalue weighted by Crippen LogP contribution is -2.18. The number of nitrogens with one attached hydrogen (secondary N) is 1. The smallest absolute Gasteiger partial charge is 0.272 e. The van der Waals surface area contributed by atoms with Crippen LogP contribution in [0.1, 0.15) is 15.9 Å². The first-order chi connectivity index (χ1) is 12.1. The molecule has 0 atom stereocenters. The van der Waals surface area contributed by atoms with Crippen LogP contribution < -0.4 is 5.43 Å². The Hall–Kier alpha value is -2.74. The van der Waals surface area contributed by atoms with Gasteiger partial charge in [-0.15, -0.1) is 6.42 Å². The number of carbonyl (C=O) groups is 1. The number of benzene rings is 2. The number of hydrazone groups is 1. The highest BCUT2D eigenvalue weighted by Crippen LogP contribution is 2.21. The van der Waals surface area contributed by atoms with Crippen molar-refractivity contribution in [2.45, 2.75) is 6.54 Å². The van der Waals surface area contributed by atoms with Gasteiger partial charge in [-0.25, -0.2) is 5.43 Å². The number of terminal acetylenes is 1. The van der Waals surface area contributed by atoms with E-state index in [1.807, 2.05) is 35.0 Å². The Kier molecular flexibility index (Phi) is 5.08. The van der Waals surface area contributed by atoms with Crippen LogP contribution in [0.15, 0.2) is 53.8 Å². The number of aromatic nitrogens is 1. The molecule has 0 saturated heterocycles. The molecule has 3 rings (SSSR count). The highest BCUT2D eigenvalue weighted by molar-refractivity contribution is 6.36. The second kappa shape index (κ2) is 7.43. The van der Waals surface area contributed by atoms with Gasteiger partial charge in [-0.1, -0.05) is 47.3 Å². The third-order valence-corrected chi connectivity index (χ3v) is 4.17. The molecule has 1 N–H and O–H groups in total. The van der Waals surface area contributed by atoms with E-state index in [1.54, 1.807) is 18.3 Å². The molecule has 0 bridgehead atoms. The molecule has 0 aliphatic heterocycles. The van der Waals surface area contributed by atoms with Gasteiger partial charge in [0.15, 0.2) is 0 Å². The second-order valence-electron chi connectivity index (χ2n) is 5.26. The lowest BCUT2D eigenvalue weighted by atomic mass is 10.2. The molecule has 0 aliphatic rings. The van der Waals surface area contributed by atoms with Crippen molar-refractivity contribution in [2.75, 3.05) is 0 Å². The Balaban J connectivity index is 1.82. The number of fused-ring (bicyclic) bond motifs is 1. The van der Waals surface area contributed by atoms with Gasteiger partial charge in [-0.05, 0) is 24.3 Å². The molecule has 1 heterocycles. The lowest BCUT2D eigenvalue weighted by Gasteiger charge is -2.02. The maximum absolute atomic E-state index is 12.2. The topological polar surface area (TPSA) is 46.4 Å². The van der Waals surface area contributed by atoms with Crippen LogP contribution in [0.3, 0.4) is 0 Å². The molecule has 0 saturated carbocycles. The molecule has 1 aromatic heterocycles. The molecule has 0 aliphatic carbocycles. The summed E-state index contributed by atoms with van der Waals surface area (Å²) in [7, 11) is 0. The summed E-state index contributed by atoms with van der Waals surface area (Å²) in [6.45, 7) is 0.459. The summed E-state index contributed by atoms with van der Waals surface area (Å²) in [4.78, 5) is 12.2. The molecule has 1 amide bonds. The summed E-state index contributed by atoms with van der Waals surface area (Å²) < 4.78 is 1.95. The Morgan fingerprint density at radius 2 is 2.08 bits per heavy atom. The van der Waals surface area contributed by atoms with Crippen molar-refractivity contribution < 1.29 is 4.79 Å². The monoisotopic (exact) mass is 369 g/mol. The van der Waals surface area contributed by atoms with Crippen LogP contribution >= 0.6 is 23.2 Å². The first kappa shape index (κ1) is 17.1. The van der Waals surface area contributed by atoms with Crippen LogP contribution in [0.2, 0.25) is 10.0 Å². The van der Waals surface area contributed by atoms with Crippen molar-refractivity contribution in [3.63, 3.8) is 0 Å². The maximum atomic E-state index is 12.2. The Morgan fingerprint density at radius 1 is 1.28 bits per heavy atom. The van der Waals surface area contributed by atoms with Crippen LogP contribution in [-0.2, 0) is 6.54 Å². The zero-order valence-corrected chi connectivity index (χ0v) is 14.6. The van der Waals surface area contributed by atoms with E-state index in [0.29, 0.717) is 17.1 Å². The number of hydrogen-bond donors (Lipinski definition) is 1. The van der Waals surface area contributed by atoms with Crippen LogP contribution in [0.25, 0.3) is 10.9 Å². The molecule has 0 fully saturated rings. The molecule has 3 aromatic rings. The summed E-state index contributed by atoms with van der Waals surface area (Å²) in [6, 6.07) is 12.5. The Bertz CT molecular complexity index is 1020. The van der Waals surface area contributed by atoms with E-state index in [0.717, 1.165) is 16.5 Å². The van der Waals surface area contributed by atoms with Gasteiger partial charge in [0.1, 0.15) is 0 Å². The number of rotatable bonds is 4. The quantitative estimate of drug-likeness (QED) is 0.414. The van der Waals surface area contributed by atoms with E-state index in [4.69, 9.17) is 29.6 Å². The molecule has 2 aromatic carbocycles. The minimum Gasteiger partial charge on any atom is -0.335 e. The number of hydrogen-bond acceptors (Lipinski definition) is 2. The van der Waals surface area contributed by atoms with Gasteiger partial charge in [0.2, 0.25) is 0 Å². The van der Waals surface area contributed by atoms with Gasteiger partial charge in [0, 0.05) is 27.7 Å². The van der Waals surface area contributed by atoms with Gasteiger partial charge in [-0.3, -0.25) is 4.79 Å². The fraction of sp³-hybridized carbons (Fsp3) is 0.0526. The van der Waals surface area contributed by atoms with Crippen molar-refractivity contribution in [3.05, 3.63) is 69.8 Å². The van der Waals surface area contributed by atoms with E-state index in [9.17, 15) is 4.79 Å². The predicted octanol–water partition coefficient (Wildman–Crippen LogP) is 4.35. The van der Waals surface area contributed by atoms with Crippen molar-refractivity contribution in [1.82, 2.24) is 9.99 Å². The molecule has 6 heteroatoms. The van der Waals surface area contributed by atoms with Crippen LogP contribution in [0.4, 0.5) is 0 Å². The average molecular weight is 370 g/mol. The van der Waals surface area contributed by atoms with Crippen LogP contribution in [0.5, 0.6) is 0 Å². The fourth-order valence-electron chi connectivity index (χ4n) is 2.50. The number of para-hydroxylation sites is 1. The largest absolute Gasteiger partial charge is 0.335 e. The highest BCUT2D eigenvalue weighted by atomic mass is 35.5. The first-order valence-electron chi connectivity index (χ1n) is 7.40. The normalized spacial score (nSPS) is 10.9. The summed E-state index contributed by atoms with van der Waals surface area (Å²) >= 11 is 11.8. The van der Waals surface area contributed by atoms with E-state index in [2.05, 4.69) is 16.4 Å². The van der Waals surface area contributed by atoms with Crippen molar-refractivity contribution >= 4 is 46.2 Å². The zero-order valence-electron chi connectivity index (χ0n) is 13.0. The molecule has 0 unspecified atom stereocenters. The van der Waals surface area contributed by atoms with Gasteiger partial charge in [0.05, 0.1) is 23.3 Å². The van der Waals surface area contributed by atoms with E-state index in [1.165, 1.54) is 6.07 Å². The highest BCUT2D eigenvalue weighted by Gasteiger charge is 2.10. The maximum Gasteiger partial charge on any atom is 0.272 e. The molecule has 4 nitrogen and oxygen atoms in total. The zero-order chi connectivity index (χ0) is 17.8. The van der Waals surface area contributed by atoms with Crippen LogP contribution in [-0.4, -0.2) is 16.7 Å². The third-order valence-electron chi connectivity index (χ3n) is 3.63. The Morgan fingerprint density at radius 3 is 2.84 bits per heavy atom. The fourth-order valence-corrected chi connectivity index (χ4v) is 3.00. The first-order valence-corrected chi connectivity index (χ1v) is 8.15. The summed E-state index contributed by atoms with van der Waals surface area (Å²) in [5, 5.41) is 5.76. The lowest BCUT2D eigenvalue weighted by molar-refractivity contribution is 0.0955. The number of nitrogens with zero attached hydrogens (tertiary/aromatic N) is 2. The summed E-state index contributed by atoms with van der Waals surface area (Å²) in [5.41, 5.74) is 4.63. The van der Waals surface area contributed by atoms with E-state index >= 15 is 0 Å². The summed E-state index contributed by atoms with van der Waals surface area (Å²) in [5.74, 6) is 2.21. The minimum atomic E-state index is -0.412. The predicted molar refractivity (Wildman–Crippen MR) is 102 cm³/mol. The van der Waals surface area contributed by atoms with Gasteiger partial charge in [0.25, 0.3) is 5.91 Å². The van der Waals surface area contributed by atoms with E-state index < -0.39 is 5.91 Å². The molecular weight excluding hydrogens is 357 g/mol. The van der Waals surface area contributed by atoms with Gasteiger partial charge < -0.3 is 4.57 Å². The molecule has 0 spiro atoms. The second-order valence-corrected chi connectivity index (χ2v) is 6.10. The minimum absolute atomic E-state index is 0.269. The molecule has 25 heavy (non-hydrogen) atoms. The molecule has 0 radical (unpaired) electrons. The standard InChI is InChI=1S/C19H13Cl2N3O/c1-2-9-24-12-13(15-5-3-4-6-18(15)24)11-22-23-19(25)16-8-7-14(20)10-17(16)21/h1,3-8,10-12H,9H2,(H,23,25)/b22-11-. The van der Waals surface area contributed by atoms with E-state index in [-0.39, 0.29) is 5.02 Å². The van der Waals surface area contributed by atoms with Crippen LogP contribution in [0, 0.1) is 12.3 Å². The third kappa shape index (κ3) is 3.69. The number of halogens is 2. The average Bonchev–Trinajstić information content (AvgIpc) is 2.93. The van der Waals surface area contributed by atoms with Crippen molar-refractivity contribution in [2.24, 2.45) is 5.10 Å². The SMILES string of the molecule is C#CCn1cc(/C=N\NC(=O)c2ccc(Cl)cc2Cl)c2ccccc21. The van der Waals surface area contributed by atoms with Crippen molar-refractivity contribution in [3.8, 4) is 12.3 Å². The van der Waals surface area contributed by atoms with Crippen molar-refractivity contribution in [1.29, 1.82) is 0 Å². The molecular formula is C19H13Cl2N3O. The van der Waals surface area contributed by atoms with Gasteiger partial charge in [-0.2, -0.15) is 5.10 Å². The van der Waals surface area contributed by atoms with Gasteiger partial charge >= 0.3 is 0 Å². The number of carbonyl (C=O) groups excluding carboxylic acids is 1. The molecule has 124 valence electrons.